The summed E-state index contributed by atoms with van der Waals surface area (Å²) in [5.41, 5.74) is 6.44. The quantitative estimate of drug-likeness (QED) is 0.822. The lowest BCUT2D eigenvalue weighted by molar-refractivity contribution is 0.299. The molecule has 0 aliphatic rings. The molecule has 1 N–H and O–H groups in total. The number of hydrogen-bond donors (Lipinski definition) is 1. The Hall–Kier alpha value is -1.28. The third-order valence-corrected chi connectivity index (χ3v) is 3.41. The number of aryl methyl sites for hydroxylation is 3. The van der Waals surface area contributed by atoms with Crippen LogP contribution in [0.3, 0.4) is 0 Å². The second kappa shape index (κ2) is 3.95. The second-order valence-electron chi connectivity index (χ2n) is 4.57. The van der Waals surface area contributed by atoms with Gasteiger partial charge in [0.05, 0.1) is 5.52 Å². The van der Waals surface area contributed by atoms with Crippen molar-refractivity contribution in [2.75, 3.05) is 6.61 Å². The van der Waals surface area contributed by atoms with Gasteiger partial charge in [0.15, 0.2) is 0 Å². The van der Waals surface area contributed by atoms with Crippen LogP contribution in [-0.4, -0.2) is 16.3 Å². The second-order valence-corrected chi connectivity index (χ2v) is 4.57. The van der Waals surface area contributed by atoms with Crippen molar-refractivity contribution in [3.8, 4) is 0 Å². The Morgan fingerprint density at radius 3 is 2.50 bits per heavy atom. The molecule has 1 heterocycles. The zero-order valence-electron chi connectivity index (χ0n) is 10.5. The molecule has 16 heavy (non-hydrogen) atoms. The minimum Gasteiger partial charge on any atom is -0.396 e. The molecule has 1 aromatic heterocycles. The van der Waals surface area contributed by atoms with Crippen LogP contribution in [0.2, 0.25) is 0 Å². The lowest BCUT2D eigenvalue weighted by Crippen LogP contribution is -1.95. The van der Waals surface area contributed by atoms with Crippen LogP contribution in [0.5, 0.6) is 0 Å². The van der Waals surface area contributed by atoms with E-state index in [2.05, 4.69) is 44.5 Å². The van der Waals surface area contributed by atoms with Crippen LogP contribution in [0.25, 0.3) is 10.9 Å². The Morgan fingerprint density at radius 1 is 1.19 bits per heavy atom. The molecule has 0 spiro atoms. The van der Waals surface area contributed by atoms with Crippen LogP contribution in [0, 0.1) is 20.8 Å². The highest BCUT2D eigenvalue weighted by Gasteiger charge is 2.13. The van der Waals surface area contributed by atoms with Crippen molar-refractivity contribution < 1.29 is 5.11 Å². The largest absolute Gasteiger partial charge is 0.396 e. The van der Waals surface area contributed by atoms with Crippen LogP contribution in [-0.2, 0) is 13.5 Å². The maximum Gasteiger partial charge on any atom is 0.0512 e. The summed E-state index contributed by atoms with van der Waals surface area (Å²) in [6.07, 6.45) is 0.742. The number of fused-ring (bicyclic) bond motifs is 1. The molecular weight excluding hydrogens is 198 g/mol. The van der Waals surface area contributed by atoms with Gasteiger partial charge >= 0.3 is 0 Å². The molecule has 2 nitrogen and oxygen atoms in total. The Balaban J connectivity index is 2.85. The Kier molecular flexibility index (Phi) is 2.76. The standard InChI is InChI=1S/C14H19NO/c1-9-7-10(2)14-13(8-9)12(5-6-16)11(3)15(14)4/h7-8,16H,5-6H2,1-4H3. The SMILES string of the molecule is Cc1cc(C)c2c(c1)c(CCO)c(C)n2C. The van der Waals surface area contributed by atoms with Gasteiger partial charge in [-0.15, -0.1) is 0 Å². The van der Waals surface area contributed by atoms with Gasteiger partial charge < -0.3 is 9.67 Å². The molecule has 2 heteroatoms. The highest BCUT2D eigenvalue weighted by Crippen LogP contribution is 2.28. The maximum atomic E-state index is 9.14. The first-order chi connectivity index (χ1) is 7.56. The average molecular weight is 217 g/mol. The lowest BCUT2D eigenvalue weighted by Gasteiger charge is -2.03. The van der Waals surface area contributed by atoms with Crippen molar-refractivity contribution in [2.24, 2.45) is 7.05 Å². The van der Waals surface area contributed by atoms with Gasteiger partial charge in [-0.2, -0.15) is 0 Å². The Labute approximate surface area is 96.5 Å². The summed E-state index contributed by atoms with van der Waals surface area (Å²) in [5, 5.41) is 10.4. The summed E-state index contributed by atoms with van der Waals surface area (Å²) < 4.78 is 2.23. The molecule has 0 aliphatic heterocycles. The van der Waals surface area contributed by atoms with Gasteiger partial charge in [-0.3, -0.25) is 0 Å². The monoisotopic (exact) mass is 217 g/mol. The first kappa shape index (κ1) is 11.2. The summed E-state index contributed by atoms with van der Waals surface area (Å²) in [5.74, 6) is 0. The Morgan fingerprint density at radius 2 is 1.88 bits per heavy atom. The van der Waals surface area contributed by atoms with Crippen molar-refractivity contribution in [2.45, 2.75) is 27.2 Å². The number of aliphatic hydroxyl groups is 1. The maximum absolute atomic E-state index is 9.14. The van der Waals surface area contributed by atoms with Crippen LogP contribution in [0.1, 0.15) is 22.4 Å². The molecule has 1 aromatic carbocycles. The van der Waals surface area contributed by atoms with Crippen molar-refractivity contribution in [3.05, 3.63) is 34.5 Å². The third kappa shape index (κ3) is 1.54. The van der Waals surface area contributed by atoms with Gasteiger partial charge in [0.25, 0.3) is 0 Å². The fourth-order valence-corrected chi connectivity index (χ4v) is 2.63. The molecule has 0 bridgehead atoms. The molecule has 0 radical (unpaired) electrons. The van der Waals surface area contributed by atoms with Gasteiger partial charge in [0.2, 0.25) is 0 Å². The first-order valence-corrected chi connectivity index (χ1v) is 5.72. The fourth-order valence-electron chi connectivity index (χ4n) is 2.63. The predicted molar refractivity (Wildman–Crippen MR) is 67.9 cm³/mol. The summed E-state index contributed by atoms with van der Waals surface area (Å²) in [7, 11) is 2.10. The van der Waals surface area contributed by atoms with Gasteiger partial charge in [-0.25, -0.2) is 0 Å². The zero-order chi connectivity index (χ0) is 11.9. The summed E-state index contributed by atoms with van der Waals surface area (Å²) in [6.45, 7) is 6.61. The van der Waals surface area contributed by atoms with Crippen molar-refractivity contribution >= 4 is 10.9 Å². The molecule has 0 aliphatic carbocycles. The summed E-state index contributed by atoms with van der Waals surface area (Å²) in [6, 6.07) is 4.44. The van der Waals surface area contributed by atoms with Crippen molar-refractivity contribution in [1.29, 1.82) is 0 Å². The van der Waals surface area contributed by atoms with Gasteiger partial charge in [0.1, 0.15) is 0 Å². The molecule has 2 rings (SSSR count). The van der Waals surface area contributed by atoms with E-state index >= 15 is 0 Å². The van der Waals surface area contributed by atoms with E-state index in [4.69, 9.17) is 5.11 Å². The van der Waals surface area contributed by atoms with Crippen LogP contribution < -0.4 is 0 Å². The molecule has 0 saturated carbocycles. The molecule has 0 fully saturated rings. The molecular formula is C14H19NO. The van der Waals surface area contributed by atoms with Crippen LogP contribution in [0.4, 0.5) is 0 Å². The smallest absolute Gasteiger partial charge is 0.0512 e. The van der Waals surface area contributed by atoms with E-state index in [1.807, 2.05) is 0 Å². The number of aliphatic hydroxyl groups excluding tert-OH is 1. The highest BCUT2D eigenvalue weighted by atomic mass is 16.2. The van der Waals surface area contributed by atoms with Gasteiger partial charge in [0, 0.05) is 24.7 Å². The fraction of sp³-hybridized carbons (Fsp3) is 0.429. The van der Waals surface area contributed by atoms with Gasteiger partial charge in [-0.05, 0) is 44.4 Å². The van der Waals surface area contributed by atoms with Crippen LogP contribution in [0.15, 0.2) is 12.1 Å². The van der Waals surface area contributed by atoms with Crippen molar-refractivity contribution in [1.82, 2.24) is 4.57 Å². The molecule has 0 amide bonds. The predicted octanol–water partition coefficient (Wildman–Crippen LogP) is 2.64. The third-order valence-electron chi connectivity index (χ3n) is 3.41. The van der Waals surface area contributed by atoms with E-state index in [-0.39, 0.29) is 6.61 Å². The summed E-state index contributed by atoms with van der Waals surface area (Å²) in [4.78, 5) is 0. The van der Waals surface area contributed by atoms with E-state index in [9.17, 15) is 0 Å². The normalized spacial score (nSPS) is 11.3. The molecule has 0 saturated heterocycles. The topological polar surface area (TPSA) is 25.2 Å². The number of aromatic nitrogens is 1. The average Bonchev–Trinajstić information content (AvgIpc) is 2.44. The van der Waals surface area contributed by atoms with E-state index < -0.39 is 0 Å². The minimum atomic E-state index is 0.215. The van der Waals surface area contributed by atoms with E-state index in [1.54, 1.807) is 0 Å². The zero-order valence-corrected chi connectivity index (χ0v) is 10.5. The van der Waals surface area contributed by atoms with Gasteiger partial charge in [-0.1, -0.05) is 11.6 Å². The molecule has 0 unspecified atom stereocenters. The minimum absolute atomic E-state index is 0.215. The Bertz CT molecular complexity index is 537. The number of benzene rings is 1. The van der Waals surface area contributed by atoms with E-state index in [0.717, 1.165) is 6.42 Å². The van der Waals surface area contributed by atoms with E-state index in [1.165, 1.54) is 33.3 Å². The highest BCUT2D eigenvalue weighted by molar-refractivity contribution is 5.88. The lowest BCUT2D eigenvalue weighted by atomic mass is 10.0. The summed E-state index contributed by atoms with van der Waals surface area (Å²) >= 11 is 0. The number of nitrogens with zero attached hydrogens (tertiary/aromatic N) is 1. The first-order valence-electron chi connectivity index (χ1n) is 5.72. The molecule has 2 aromatic rings. The molecule has 86 valence electrons. The van der Waals surface area contributed by atoms with Crippen molar-refractivity contribution in [3.63, 3.8) is 0 Å². The number of rotatable bonds is 2. The number of hydrogen-bond acceptors (Lipinski definition) is 1. The van der Waals surface area contributed by atoms with E-state index in [0.29, 0.717) is 0 Å². The van der Waals surface area contributed by atoms with Crippen LogP contribution >= 0.6 is 0 Å². The molecule has 0 atom stereocenters.